The summed E-state index contributed by atoms with van der Waals surface area (Å²) in [5, 5.41) is 22.5. The predicted octanol–water partition coefficient (Wildman–Crippen LogP) is 4.28. The second kappa shape index (κ2) is 13.3. The van der Waals surface area contributed by atoms with Crippen LogP contribution in [-0.2, 0) is 9.53 Å². The van der Waals surface area contributed by atoms with Crippen LogP contribution >= 0.6 is 0 Å². The first-order valence-electron chi connectivity index (χ1n) is 13.3. The van der Waals surface area contributed by atoms with Gasteiger partial charge in [-0.15, -0.1) is 0 Å². The first-order valence-corrected chi connectivity index (χ1v) is 13.3. The molecule has 12 nitrogen and oxygen atoms in total. The molecule has 0 bridgehead atoms. The largest absolute Gasteiger partial charge is 0.425 e. The van der Waals surface area contributed by atoms with Gasteiger partial charge in [-0.05, 0) is 30.2 Å². The quantitative estimate of drug-likeness (QED) is 0.243. The molecule has 2 amide bonds. The molecular weight excluding hydrogens is 528 g/mol. The third-order valence-corrected chi connectivity index (χ3v) is 6.27. The summed E-state index contributed by atoms with van der Waals surface area (Å²) in [5.41, 5.74) is 1.37. The molecule has 0 unspecified atom stereocenters. The van der Waals surface area contributed by atoms with Gasteiger partial charge in [0, 0.05) is 5.92 Å². The zero-order valence-corrected chi connectivity index (χ0v) is 23.3. The molecule has 4 aromatic rings. The minimum Gasteiger partial charge on any atom is -0.394 e. The number of hydrogen-bond acceptors (Lipinski definition) is 9. The van der Waals surface area contributed by atoms with Crippen molar-refractivity contribution in [3.8, 4) is 5.88 Å². The topological polar surface area (TPSA) is 152 Å². The molecule has 2 aromatic heterocycles. The van der Waals surface area contributed by atoms with E-state index in [4.69, 9.17) is 9.47 Å². The van der Waals surface area contributed by atoms with Gasteiger partial charge in [-0.2, -0.15) is 9.97 Å². The molecular formula is C29H34N6O6. The van der Waals surface area contributed by atoms with Crippen molar-refractivity contribution >= 4 is 40.5 Å². The summed E-state index contributed by atoms with van der Waals surface area (Å²) in [4.78, 5) is 40.7. The number of para-hydroxylation sites is 2. The van der Waals surface area contributed by atoms with Gasteiger partial charge < -0.3 is 19.7 Å². The van der Waals surface area contributed by atoms with Crippen LogP contribution in [0.5, 0.6) is 5.88 Å². The number of hydrogen-bond donors (Lipinski definition) is 3. The second-order valence-corrected chi connectivity index (χ2v) is 9.93. The van der Waals surface area contributed by atoms with Crippen molar-refractivity contribution in [3.05, 3.63) is 67.0 Å². The fourth-order valence-electron chi connectivity index (χ4n) is 3.93. The molecule has 0 saturated carbocycles. The van der Waals surface area contributed by atoms with Gasteiger partial charge >= 0.3 is 6.09 Å². The average molecular weight is 563 g/mol. The van der Waals surface area contributed by atoms with Gasteiger partial charge in [0.15, 0.2) is 17.4 Å². The number of aliphatic hydroxyl groups excluding tert-OH is 2. The van der Waals surface area contributed by atoms with Crippen LogP contribution < -0.4 is 15.0 Å². The summed E-state index contributed by atoms with van der Waals surface area (Å²) in [6.45, 7) is 6.47. The van der Waals surface area contributed by atoms with E-state index in [1.54, 1.807) is 62.4 Å². The lowest BCUT2D eigenvalue weighted by atomic mass is 10.1. The Hall–Kier alpha value is -4.39. The minimum absolute atomic E-state index is 0.0437. The van der Waals surface area contributed by atoms with E-state index < -0.39 is 25.0 Å². The van der Waals surface area contributed by atoms with Crippen molar-refractivity contribution < 1.29 is 29.3 Å². The highest BCUT2D eigenvalue weighted by atomic mass is 16.6. The van der Waals surface area contributed by atoms with Gasteiger partial charge in [0.05, 0.1) is 37.0 Å². The maximum atomic E-state index is 13.7. The lowest BCUT2D eigenvalue weighted by molar-refractivity contribution is -0.118. The van der Waals surface area contributed by atoms with E-state index in [1.807, 2.05) is 26.0 Å². The number of benzene rings is 2. The van der Waals surface area contributed by atoms with E-state index in [2.05, 4.69) is 20.3 Å². The summed E-state index contributed by atoms with van der Waals surface area (Å²) in [7, 11) is 0. The number of rotatable bonds is 11. The van der Waals surface area contributed by atoms with E-state index in [-0.39, 0.29) is 47.3 Å². The maximum absolute atomic E-state index is 13.7. The SMILES string of the molecule is CC(C)C(=O)Nc1nc(OC(=O)N(c2ccccc2)c2ccccc2)c2ncn([C@@H](CO)O[C@@H](CO)C(C)C)c2n1. The van der Waals surface area contributed by atoms with Crippen LogP contribution in [0.15, 0.2) is 67.0 Å². The normalized spacial score (nSPS) is 12.9. The Morgan fingerprint density at radius 2 is 1.54 bits per heavy atom. The van der Waals surface area contributed by atoms with Crippen molar-refractivity contribution in [2.45, 2.75) is 40.0 Å². The molecule has 0 saturated heterocycles. The Labute approximate surface area is 237 Å². The molecule has 4 rings (SSSR count). The molecule has 216 valence electrons. The van der Waals surface area contributed by atoms with Gasteiger partial charge in [-0.25, -0.2) is 14.7 Å². The van der Waals surface area contributed by atoms with Crippen molar-refractivity contribution in [1.29, 1.82) is 0 Å². The number of amides is 2. The highest BCUT2D eigenvalue weighted by molar-refractivity contribution is 5.98. The molecule has 12 heteroatoms. The van der Waals surface area contributed by atoms with Crippen molar-refractivity contribution in [1.82, 2.24) is 19.5 Å². The van der Waals surface area contributed by atoms with Crippen LogP contribution in [0.2, 0.25) is 0 Å². The number of nitrogens with zero attached hydrogens (tertiary/aromatic N) is 5. The molecule has 3 N–H and O–H groups in total. The number of aliphatic hydroxyl groups is 2. The standard InChI is InChI=1S/C29H34N6O6/c1-18(2)22(15-36)40-23(16-37)34-17-30-24-25(34)31-28(32-26(38)19(3)4)33-27(24)41-29(39)35(20-11-7-5-8-12-20)21-13-9-6-10-14-21/h5-14,17-19,22-23,36-37H,15-16H2,1-4H3,(H,31,32,33,38)/t22-,23+/m0/s1. The summed E-state index contributed by atoms with van der Waals surface area (Å²) in [6, 6.07) is 17.9. The average Bonchev–Trinajstić information content (AvgIpc) is 3.39. The van der Waals surface area contributed by atoms with Gasteiger partial charge in [-0.1, -0.05) is 64.1 Å². The molecule has 0 spiro atoms. The van der Waals surface area contributed by atoms with Crippen LogP contribution in [0.4, 0.5) is 22.1 Å². The molecule has 0 fully saturated rings. The fraction of sp³-hybridized carbons (Fsp3) is 0.345. The lowest BCUT2D eigenvalue weighted by Gasteiger charge is -2.26. The Kier molecular flexibility index (Phi) is 9.61. The minimum atomic E-state index is -0.975. The Balaban J connectivity index is 1.78. The Bertz CT molecular complexity index is 1420. The van der Waals surface area contributed by atoms with Gasteiger partial charge in [0.2, 0.25) is 11.9 Å². The Morgan fingerprint density at radius 1 is 0.927 bits per heavy atom. The maximum Gasteiger partial charge on any atom is 0.425 e. The van der Waals surface area contributed by atoms with Crippen LogP contribution in [-0.4, -0.2) is 61.1 Å². The van der Waals surface area contributed by atoms with E-state index in [1.165, 1.54) is 15.8 Å². The van der Waals surface area contributed by atoms with Crippen molar-refractivity contribution in [2.75, 3.05) is 23.4 Å². The number of nitrogens with one attached hydrogen (secondary N) is 1. The summed E-state index contributed by atoms with van der Waals surface area (Å²) in [6.07, 6.45) is -0.953. The highest BCUT2D eigenvalue weighted by Gasteiger charge is 2.27. The summed E-state index contributed by atoms with van der Waals surface area (Å²) in [5.74, 6) is -1.09. The van der Waals surface area contributed by atoms with Crippen LogP contribution in [0.25, 0.3) is 11.2 Å². The molecule has 0 aliphatic heterocycles. The van der Waals surface area contributed by atoms with Gasteiger partial charge in [-0.3, -0.25) is 14.7 Å². The molecule has 0 aliphatic rings. The summed E-state index contributed by atoms with van der Waals surface area (Å²) >= 11 is 0. The molecule has 2 atom stereocenters. The number of carbonyl (C=O) groups is 2. The third-order valence-electron chi connectivity index (χ3n) is 6.27. The zero-order chi connectivity index (χ0) is 29.5. The molecule has 41 heavy (non-hydrogen) atoms. The number of aromatic nitrogens is 4. The third kappa shape index (κ3) is 6.85. The molecule has 0 aliphatic carbocycles. The smallest absolute Gasteiger partial charge is 0.394 e. The van der Waals surface area contributed by atoms with E-state index in [0.29, 0.717) is 11.4 Å². The van der Waals surface area contributed by atoms with E-state index in [9.17, 15) is 19.8 Å². The zero-order valence-electron chi connectivity index (χ0n) is 23.3. The Morgan fingerprint density at radius 3 is 2.05 bits per heavy atom. The first-order chi connectivity index (χ1) is 19.7. The molecule has 2 heterocycles. The number of fused-ring (bicyclic) bond motifs is 1. The van der Waals surface area contributed by atoms with Crippen molar-refractivity contribution in [2.24, 2.45) is 11.8 Å². The van der Waals surface area contributed by atoms with Gasteiger partial charge in [0.25, 0.3) is 5.88 Å². The van der Waals surface area contributed by atoms with Crippen molar-refractivity contribution in [3.63, 3.8) is 0 Å². The van der Waals surface area contributed by atoms with E-state index >= 15 is 0 Å². The van der Waals surface area contributed by atoms with Gasteiger partial charge in [0.1, 0.15) is 0 Å². The van der Waals surface area contributed by atoms with Crippen LogP contribution in [0.1, 0.15) is 33.9 Å². The number of anilines is 3. The fourth-order valence-corrected chi connectivity index (χ4v) is 3.93. The molecule has 2 aromatic carbocycles. The number of carbonyl (C=O) groups excluding carboxylic acids is 2. The first kappa shape index (κ1) is 29.6. The second-order valence-electron chi connectivity index (χ2n) is 9.93. The molecule has 0 radical (unpaired) electrons. The van der Waals surface area contributed by atoms with E-state index in [0.717, 1.165) is 0 Å². The predicted molar refractivity (Wildman–Crippen MR) is 153 cm³/mol. The number of ether oxygens (including phenoxy) is 2. The number of imidazole rings is 1. The lowest BCUT2D eigenvalue weighted by Crippen LogP contribution is -2.30. The monoisotopic (exact) mass is 562 g/mol. The van der Waals surface area contributed by atoms with Crippen LogP contribution in [0.3, 0.4) is 0 Å². The highest BCUT2D eigenvalue weighted by Crippen LogP contribution is 2.30. The van der Waals surface area contributed by atoms with Crippen LogP contribution in [0, 0.1) is 11.8 Å². The summed E-state index contributed by atoms with van der Waals surface area (Å²) < 4.78 is 13.2.